The Labute approximate surface area is 97.4 Å². The molecule has 0 saturated carbocycles. The fourth-order valence-electron chi connectivity index (χ4n) is 1.12. The third kappa shape index (κ3) is 5.83. The summed E-state index contributed by atoms with van der Waals surface area (Å²) >= 11 is 0. The van der Waals surface area contributed by atoms with E-state index >= 15 is 0 Å². The summed E-state index contributed by atoms with van der Waals surface area (Å²) in [6, 6.07) is -2.38. The Balaban J connectivity index is 4.26. The van der Waals surface area contributed by atoms with Gasteiger partial charge in [0.15, 0.2) is 0 Å². The number of nitrogens with two attached hydrogens (primary N) is 1. The lowest BCUT2D eigenvalue weighted by atomic mass is 10.0. The molecule has 0 radical (unpaired) electrons. The minimum atomic E-state index is -1.30. The Bertz CT molecular complexity index is 306. The number of carboxylic acid groups (broad SMARTS) is 3. The largest absolute Gasteiger partial charge is 0.481 e. The summed E-state index contributed by atoms with van der Waals surface area (Å²) in [7, 11) is 0. The van der Waals surface area contributed by atoms with Crippen molar-refractivity contribution in [2.45, 2.75) is 25.4 Å². The predicted molar refractivity (Wildman–Crippen MR) is 56.5 cm³/mol. The summed E-state index contributed by atoms with van der Waals surface area (Å²) in [6.45, 7) is 1.54. The molecule has 1 unspecified atom stereocenters. The first kappa shape index (κ1) is 15.3. The molecule has 0 spiro atoms. The van der Waals surface area contributed by atoms with Crippen LogP contribution < -0.4 is 11.1 Å². The molecule has 0 aromatic heterocycles. The van der Waals surface area contributed by atoms with Gasteiger partial charge in [-0.3, -0.25) is 14.4 Å². The zero-order valence-electron chi connectivity index (χ0n) is 9.29. The molecule has 3 atom stereocenters. The maximum absolute atomic E-state index is 10.7. The molecule has 0 fully saturated rings. The van der Waals surface area contributed by atoms with Gasteiger partial charge in [-0.1, -0.05) is 6.92 Å². The number of carboxylic acids is 3. The lowest BCUT2D eigenvalue weighted by Crippen LogP contribution is -2.46. The molecule has 0 saturated heterocycles. The topological polar surface area (TPSA) is 150 Å². The second kappa shape index (κ2) is 6.81. The normalized spacial score (nSPS) is 15.9. The highest BCUT2D eigenvalue weighted by Crippen LogP contribution is 2.01. The van der Waals surface area contributed by atoms with E-state index in [9.17, 15) is 14.4 Å². The zero-order chi connectivity index (χ0) is 13.6. The molecule has 0 amide bonds. The highest BCUT2D eigenvalue weighted by Gasteiger charge is 2.24. The van der Waals surface area contributed by atoms with Crippen LogP contribution in [0.15, 0.2) is 0 Å². The van der Waals surface area contributed by atoms with E-state index in [1.165, 1.54) is 6.92 Å². The van der Waals surface area contributed by atoms with Crippen molar-refractivity contribution in [3.05, 3.63) is 0 Å². The molecular formula is C9H16N2O6. The minimum Gasteiger partial charge on any atom is -0.481 e. The second-order valence-electron chi connectivity index (χ2n) is 3.74. The summed E-state index contributed by atoms with van der Waals surface area (Å²) in [5, 5.41) is 28.3. The number of nitrogens with one attached hydrogen (secondary N) is 1. The molecule has 0 aliphatic heterocycles. The van der Waals surface area contributed by atoms with Gasteiger partial charge in [-0.2, -0.15) is 0 Å². The molecule has 0 heterocycles. The van der Waals surface area contributed by atoms with Crippen molar-refractivity contribution in [3.8, 4) is 0 Å². The van der Waals surface area contributed by atoms with Crippen LogP contribution in [0, 0.1) is 5.92 Å². The molecular weight excluding hydrogens is 232 g/mol. The van der Waals surface area contributed by atoms with Crippen LogP contribution in [-0.4, -0.2) is 51.9 Å². The van der Waals surface area contributed by atoms with Crippen LogP contribution in [0.2, 0.25) is 0 Å². The van der Waals surface area contributed by atoms with Gasteiger partial charge < -0.3 is 26.4 Å². The van der Waals surface area contributed by atoms with E-state index in [-0.39, 0.29) is 6.54 Å². The van der Waals surface area contributed by atoms with Crippen molar-refractivity contribution in [3.63, 3.8) is 0 Å². The average Bonchev–Trinajstić information content (AvgIpc) is 2.21. The van der Waals surface area contributed by atoms with Crippen molar-refractivity contribution in [1.29, 1.82) is 0 Å². The van der Waals surface area contributed by atoms with Gasteiger partial charge in [-0.25, -0.2) is 0 Å². The first-order valence-electron chi connectivity index (χ1n) is 4.92. The van der Waals surface area contributed by atoms with Gasteiger partial charge in [-0.05, 0) is 5.92 Å². The summed E-state index contributed by atoms with van der Waals surface area (Å²) in [6.07, 6.45) is -0.579. The van der Waals surface area contributed by atoms with E-state index < -0.39 is 42.3 Å². The molecule has 0 aromatic rings. The molecule has 6 N–H and O–H groups in total. The number of hydrogen-bond donors (Lipinski definition) is 5. The molecule has 0 aliphatic carbocycles. The highest BCUT2D eigenvalue weighted by atomic mass is 16.4. The lowest BCUT2D eigenvalue weighted by Gasteiger charge is -2.19. The van der Waals surface area contributed by atoms with Crippen LogP contribution in [0.4, 0.5) is 0 Å². The maximum Gasteiger partial charge on any atom is 0.321 e. The van der Waals surface area contributed by atoms with Crippen LogP contribution in [-0.2, 0) is 14.4 Å². The first-order valence-corrected chi connectivity index (χ1v) is 4.92. The van der Waals surface area contributed by atoms with E-state index in [1.807, 2.05) is 0 Å². The quantitative estimate of drug-likeness (QED) is 0.350. The molecule has 8 heteroatoms. The highest BCUT2D eigenvalue weighted by molar-refractivity contribution is 5.80. The summed E-state index contributed by atoms with van der Waals surface area (Å²) < 4.78 is 0. The lowest BCUT2D eigenvalue weighted by molar-refractivity contribution is -0.146. The molecule has 0 aromatic carbocycles. The van der Waals surface area contributed by atoms with Gasteiger partial charge in [0.2, 0.25) is 0 Å². The molecule has 98 valence electrons. The van der Waals surface area contributed by atoms with Crippen LogP contribution in [0.1, 0.15) is 13.3 Å². The third-order valence-corrected chi connectivity index (χ3v) is 2.26. The molecule has 0 aliphatic rings. The number of carbonyl (C=O) groups is 3. The average molecular weight is 248 g/mol. The standard InChI is InChI=1S/C9H16N2O6/c1-4(7(10)9(16)17)3-11-5(8(14)15)2-6(12)13/h4-5,7,11H,2-3,10H2,1H3,(H,12,13)(H,14,15)(H,16,17)/t4?,5-,7-/m0/s1. The minimum absolute atomic E-state index is 0.0116. The second-order valence-corrected chi connectivity index (χ2v) is 3.74. The summed E-state index contributed by atoms with van der Waals surface area (Å²) in [5.74, 6) is -4.25. The zero-order valence-corrected chi connectivity index (χ0v) is 9.29. The Kier molecular flexibility index (Phi) is 6.15. The number of rotatable bonds is 8. The third-order valence-electron chi connectivity index (χ3n) is 2.26. The molecule has 17 heavy (non-hydrogen) atoms. The van der Waals surface area contributed by atoms with Crippen LogP contribution in [0.5, 0.6) is 0 Å². The van der Waals surface area contributed by atoms with E-state index in [0.717, 1.165) is 0 Å². The van der Waals surface area contributed by atoms with Crippen molar-refractivity contribution in [1.82, 2.24) is 5.32 Å². The maximum atomic E-state index is 10.7. The van der Waals surface area contributed by atoms with Crippen molar-refractivity contribution >= 4 is 17.9 Å². The Morgan fingerprint density at radius 2 is 1.71 bits per heavy atom. The van der Waals surface area contributed by atoms with Crippen molar-refractivity contribution < 1.29 is 29.7 Å². The number of aliphatic carboxylic acids is 3. The Hall–Kier alpha value is -1.67. The monoisotopic (exact) mass is 248 g/mol. The SMILES string of the molecule is CC(CN[C@@H](CC(=O)O)C(=O)O)[C@H](N)C(=O)O. The smallest absolute Gasteiger partial charge is 0.321 e. The first-order chi connectivity index (χ1) is 7.75. The van der Waals surface area contributed by atoms with E-state index in [4.69, 9.17) is 21.1 Å². The van der Waals surface area contributed by atoms with Gasteiger partial charge in [0.25, 0.3) is 0 Å². The van der Waals surface area contributed by atoms with Gasteiger partial charge >= 0.3 is 17.9 Å². The van der Waals surface area contributed by atoms with Crippen molar-refractivity contribution in [2.24, 2.45) is 11.7 Å². The van der Waals surface area contributed by atoms with E-state index in [1.54, 1.807) is 0 Å². The summed E-state index contributed by atoms with van der Waals surface area (Å²) in [5.41, 5.74) is 5.32. The number of hydrogen-bond acceptors (Lipinski definition) is 5. The van der Waals surface area contributed by atoms with Crippen LogP contribution in [0.3, 0.4) is 0 Å². The van der Waals surface area contributed by atoms with Crippen LogP contribution >= 0.6 is 0 Å². The molecule has 0 rings (SSSR count). The fraction of sp³-hybridized carbons (Fsp3) is 0.667. The van der Waals surface area contributed by atoms with E-state index in [2.05, 4.69) is 5.32 Å². The molecule has 0 bridgehead atoms. The molecule has 8 nitrogen and oxygen atoms in total. The fourth-order valence-corrected chi connectivity index (χ4v) is 1.12. The summed E-state index contributed by atoms with van der Waals surface area (Å²) in [4.78, 5) is 31.6. The Morgan fingerprint density at radius 1 is 1.18 bits per heavy atom. The van der Waals surface area contributed by atoms with Gasteiger partial charge in [0.05, 0.1) is 6.42 Å². The van der Waals surface area contributed by atoms with E-state index in [0.29, 0.717) is 0 Å². The van der Waals surface area contributed by atoms with Gasteiger partial charge in [0, 0.05) is 6.54 Å². The van der Waals surface area contributed by atoms with Gasteiger partial charge in [-0.15, -0.1) is 0 Å². The Morgan fingerprint density at radius 3 is 2.06 bits per heavy atom. The predicted octanol–water partition coefficient (Wildman–Crippen LogP) is -1.45. The van der Waals surface area contributed by atoms with Crippen LogP contribution in [0.25, 0.3) is 0 Å². The van der Waals surface area contributed by atoms with Crippen molar-refractivity contribution in [2.75, 3.05) is 6.54 Å². The van der Waals surface area contributed by atoms with Gasteiger partial charge in [0.1, 0.15) is 12.1 Å².